The topological polar surface area (TPSA) is 116 Å². The molecule has 0 saturated carbocycles. The summed E-state index contributed by atoms with van der Waals surface area (Å²) in [6.45, 7) is 9.14. The van der Waals surface area contributed by atoms with Gasteiger partial charge < -0.3 is 20.1 Å². The predicted octanol–water partition coefficient (Wildman–Crippen LogP) is 0.0435. The van der Waals surface area contributed by atoms with Crippen LogP contribution in [-0.2, 0) is 19.1 Å². The molecule has 24 heavy (non-hydrogen) atoms. The summed E-state index contributed by atoms with van der Waals surface area (Å²) in [5.74, 6) is -3.02. The third-order valence-corrected chi connectivity index (χ3v) is 3.49. The third-order valence-electron chi connectivity index (χ3n) is 3.49. The molecule has 1 rings (SSSR count). The second kappa shape index (κ2) is 7.61. The number of rotatable bonds is 5. The van der Waals surface area contributed by atoms with Crippen molar-refractivity contribution in [2.24, 2.45) is 0 Å². The Morgan fingerprint density at radius 1 is 1.25 bits per heavy atom. The van der Waals surface area contributed by atoms with Gasteiger partial charge in [0.25, 0.3) is 0 Å². The lowest BCUT2D eigenvalue weighted by Crippen LogP contribution is -2.61. The molecule has 2 N–H and O–H groups in total. The number of likely N-dealkylation sites (N-methyl/N-ethyl adjacent to an activating group) is 1. The molecule has 0 aromatic carbocycles. The highest BCUT2D eigenvalue weighted by Gasteiger charge is 2.38. The van der Waals surface area contributed by atoms with E-state index in [9.17, 15) is 24.3 Å². The van der Waals surface area contributed by atoms with Gasteiger partial charge in [-0.3, -0.25) is 14.5 Å². The van der Waals surface area contributed by atoms with Gasteiger partial charge in [0, 0.05) is 19.6 Å². The van der Waals surface area contributed by atoms with E-state index in [1.54, 1.807) is 27.7 Å². The van der Waals surface area contributed by atoms with Crippen molar-refractivity contribution >= 4 is 23.8 Å². The summed E-state index contributed by atoms with van der Waals surface area (Å²) < 4.78 is 5.56. The zero-order valence-electron chi connectivity index (χ0n) is 14.7. The number of ether oxygens (including phenoxy) is 1. The van der Waals surface area contributed by atoms with Crippen molar-refractivity contribution in [3.63, 3.8) is 0 Å². The minimum atomic E-state index is -1.34. The van der Waals surface area contributed by atoms with Crippen LogP contribution in [0.4, 0.5) is 4.79 Å². The number of carbonyl (C=O) groups is 4. The average Bonchev–Trinajstić information content (AvgIpc) is 2.45. The number of hydrogen-bond donors (Lipinski definition) is 2. The summed E-state index contributed by atoms with van der Waals surface area (Å²) in [6, 6.07) is -2.26. The number of nitrogens with one attached hydrogen (secondary N) is 1. The van der Waals surface area contributed by atoms with Crippen molar-refractivity contribution in [2.45, 2.75) is 52.4 Å². The monoisotopic (exact) mass is 343 g/mol. The largest absolute Gasteiger partial charge is 0.480 e. The maximum atomic E-state index is 12.2. The lowest BCUT2D eigenvalue weighted by Gasteiger charge is -2.34. The zero-order valence-corrected chi connectivity index (χ0v) is 14.7. The van der Waals surface area contributed by atoms with Crippen LogP contribution < -0.4 is 5.32 Å². The van der Waals surface area contributed by atoms with E-state index < -0.39 is 41.6 Å². The summed E-state index contributed by atoms with van der Waals surface area (Å²) in [4.78, 5) is 49.5. The Kier molecular flexibility index (Phi) is 6.30. The van der Waals surface area contributed by atoms with Crippen molar-refractivity contribution in [3.05, 3.63) is 0 Å². The molecule has 4 amide bonds. The van der Waals surface area contributed by atoms with Crippen LogP contribution in [0, 0.1) is 0 Å². The fourth-order valence-corrected chi connectivity index (χ4v) is 2.39. The lowest BCUT2D eigenvalue weighted by molar-refractivity contribution is -0.154. The Morgan fingerprint density at radius 3 is 2.29 bits per heavy atom. The number of amides is 4. The van der Waals surface area contributed by atoms with Gasteiger partial charge in [0.2, 0.25) is 0 Å². The highest BCUT2D eigenvalue weighted by atomic mass is 16.5. The first kappa shape index (κ1) is 19.9. The quantitative estimate of drug-likeness (QED) is 0.681. The Hall–Kier alpha value is -2.16. The summed E-state index contributed by atoms with van der Waals surface area (Å²) in [7, 11) is 0. The molecular weight excluding hydrogens is 318 g/mol. The minimum Gasteiger partial charge on any atom is -0.480 e. The molecule has 1 aliphatic rings. The Bertz CT molecular complexity index is 528. The Labute approximate surface area is 140 Å². The van der Waals surface area contributed by atoms with E-state index in [0.717, 1.165) is 4.90 Å². The molecule has 1 unspecified atom stereocenters. The number of carboxylic acid groups (broad SMARTS) is 1. The molecule has 9 heteroatoms. The molecule has 0 spiro atoms. The van der Waals surface area contributed by atoms with Crippen molar-refractivity contribution in [3.8, 4) is 0 Å². The van der Waals surface area contributed by atoms with Crippen LogP contribution in [-0.4, -0.2) is 76.1 Å². The van der Waals surface area contributed by atoms with Crippen molar-refractivity contribution < 1.29 is 29.0 Å². The summed E-state index contributed by atoms with van der Waals surface area (Å²) in [5.41, 5.74) is -0.601. The fourth-order valence-electron chi connectivity index (χ4n) is 2.39. The Morgan fingerprint density at radius 2 is 1.83 bits per heavy atom. The fraction of sp³-hybridized carbons (Fsp3) is 0.733. The van der Waals surface area contributed by atoms with E-state index >= 15 is 0 Å². The number of hydrogen-bond acceptors (Lipinski definition) is 5. The van der Waals surface area contributed by atoms with Gasteiger partial charge >= 0.3 is 23.8 Å². The van der Waals surface area contributed by atoms with Gasteiger partial charge in [-0.15, -0.1) is 0 Å². The first-order valence-electron chi connectivity index (χ1n) is 7.79. The first-order valence-corrected chi connectivity index (χ1v) is 7.79. The molecule has 0 bridgehead atoms. The average molecular weight is 343 g/mol. The molecule has 1 heterocycles. The number of urea groups is 1. The number of imide groups is 1. The molecule has 136 valence electrons. The molecule has 0 aromatic rings. The minimum absolute atomic E-state index is 0.0189. The zero-order chi connectivity index (χ0) is 18.7. The highest BCUT2D eigenvalue weighted by molar-refractivity contribution is 6.38. The van der Waals surface area contributed by atoms with Gasteiger partial charge in [-0.05, 0) is 34.6 Å². The van der Waals surface area contributed by atoms with Crippen molar-refractivity contribution in [2.75, 3.05) is 19.6 Å². The van der Waals surface area contributed by atoms with Crippen LogP contribution in [0.2, 0.25) is 0 Å². The van der Waals surface area contributed by atoms with E-state index in [-0.39, 0.29) is 13.1 Å². The molecule has 2 atom stereocenters. The van der Waals surface area contributed by atoms with Crippen LogP contribution >= 0.6 is 0 Å². The van der Waals surface area contributed by atoms with E-state index in [1.165, 1.54) is 11.8 Å². The maximum absolute atomic E-state index is 12.2. The van der Waals surface area contributed by atoms with E-state index in [2.05, 4.69) is 5.32 Å². The maximum Gasteiger partial charge on any atom is 0.328 e. The van der Waals surface area contributed by atoms with Gasteiger partial charge in [0.15, 0.2) is 6.04 Å². The Balaban J connectivity index is 2.81. The van der Waals surface area contributed by atoms with E-state index in [4.69, 9.17) is 4.74 Å². The molecule has 0 aromatic heterocycles. The van der Waals surface area contributed by atoms with Crippen LogP contribution in [0.1, 0.15) is 34.6 Å². The summed E-state index contributed by atoms with van der Waals surface area (Å²) in [6.07, 6.45) is -0.825. The summed E-state index contributed by atoms with van der Waals surface area (Å²) in [5, 5.41) is 11.6. The van der Waals surface area contributed by atoms with Crippen molar-refractivity contribution in [1.29, 1.82) is 0 Å². The molecule has 1 fully saturated rings. The van der Waals surface area contributed by atoms with Gasteiger partial charge in [-0.2, -0.15) is 0 Å². The van der Waals surface area contributed by atoms with E-state index in [1.807, 2.05) is 0 Å². The van der Waals surface area contributed by atoms with Gasteiger partial charge in [-0.25, -0.2) is 9.59 Å². The SMILES string of the molecule is CCN1CCN(C(=O)NC(C(=O)O)[C@H](C)OC(C)(C)C)C(=O)C1=O. The van der Waals surface area contributed by atoms with Crippen LogP contribution in [0.25, 0.3) is 0 Å². The van der Waals surface area contributed by atoms with Gasteiger partial charge in [-0.1, -0.05) is 0 Å². The van der Waals surface area contributed by atoms with Crippen molar-refractivity contribution in [1.82, 2.24) is 15.1 Å². The number of carboxylic acids is 1. The molecule has 0 radical (unpaired) electrons. The number of carbonyl (C=O) groups excluding carboxylic acids is 3. The predicted molar refractivity (Wildman–Crippen MR) is 84.2 cm³/mol. The number of nitrogens with zero attached hydrogens (tertiary/aromatic N) is 2. The van der Waals surface area contributed by atoms with Gasteiger partial charge in [0.05, 0.1) is 11.7 Å². The van der Waals surface area contributed by atoms with Crippen LogP contribution in [0.15, 0.2) is 0 Å². The molecular formula is C15H25N3O6. The van der Waals surface area contributed by atoms with E-state index in [0.29, 0.717) is 6.54 Å². The smallest absolute Gasteiger partial charge is 0.328 e. The summed E-state index contributed by atoms with van der Waals surface area (Å²) >= 11 is 0. The number of aliphatic carboxylic acids is 1. The first-order chi connectivity index (χ1) is 11.0. The molecule has 9 nitrogen and oxygen atoms in total. The molecule has 0 aliphatic carbocycles. The van der Waals surface area contributed by atoms with Crippen LogP contribution in [0.3, 0.4) is 0 Å². The highest BCUT2D eigenvalue weighted by Crippen LogP contribution is 2.14. The number of piperazine rings is 1. The van der Waals surface area contributed by atoms with Crippen LogP contribution in [0.5, 0.6) is 0 Å². The van der Waals surface area contributed by atoms with Gasteiger partial charge in [0.1, 0.15) is 0 Å². The second-order valence-corrected chi connectivity index (χ2v) is 6.54. The standard InChI is InChI=1S/C15H25N3O6/c1-6-17-7-8-18(12(20)11(17)19)14(23)16-10(13(21)22)9(2)24-15(3,4)5/h9-10H,6-8H2,1-5H3,(H,16,23)(H,21,22)/t9-,10?/m0/s1. The lowest BCUT2D eigenvalue weighted by atomic mass is 10.1. The molecule has 1 aliphatic heterocycles. The normalized spacial score (nSPS) is 18.4. The third kappa shape index (κ3) is 4.92. The molecule has 1 saturated heterocycles. The second-order valence-electron chi connectivity index (χ2n) is 6.54.